The summed E-state index contributed by atoms with van der Waals surface area (Å²) < 4.78 is 0. The Balaban J connectivity index is 0.00000156. The zero-order chi connectivity index (χ0) is 16.2. The summed E-state index contributed by atoms with van der Waals surface area (Å²) in [4.78, 5) is 14.7. The second-order valence-electron chi connectivity index (χ2n) is 6.14. The maximum Gasteiger partial charge on any atom is 0.253 e. The summed E-state index contributed by atoms with van der Waals surface area (Å²) in [7, 11) is 0. The molecule has 0 radical (unpaired) electrons. The van der Waals surface area contributed by atoms with Gasteiger partial charge in [-0.3, -0.25) is 9.69 Å². The number of rotatable bonds is 4. The van der Waals surface area contributed by atoms with Crippen LogP contribution in [0, 0.1) is 0 Å². The normalized spacial score (nSPS) is 14.4. The summed E-state index contributed by atoms with van der Waals surface area (Å²) in [5.41, 5.74) is 9.75. The van der Waals surface area contributed by atoms with Crippen LogP contribution >= 0.6 is 24.8 Å². The molecule has 0 aliphatic carbocycles. The van der Waals surface area contributed by atoms with Crippen molar-refractivity contribution in [3.63, 3.8) is 0 Å². The van der Waals surface area contributed by atoms with Crippen molar-refractivity contribution in [2.75, 3.05) is 18.8 Å². The Labute approximate surface area is 161 Å². The molecule has 6 heteroatoms. The molecule has 1 aliphatic heterocycles. The maximum atomic E-state index is 12.2. The van der Waals surface area contributed by atoms with Crippen LogP contribution in [0.3, 0.4) is 0 Å². The van der Waals surface area contributed by atoms with Crippen molar-refractivity contribution in [3.8, 4) is 0 Å². The van der Waals surface area contributed by atoms with E-state index in [0.29, 0.717) is 17.8 Å². The number of carbonyl (C=O) groups excluding carboxylic acids is 1. The monoisotopic (exact) mass is 381 g/mol. The van der Waals surface area contributed by atoms with Gasteiger partial charge in [0, 0.05) is 31.4 Å². The fourth-order valence-electron chi connectivity index (χ4n) is 3.06. The van der Waals surface area contributed by atoms with Crippen LogP contribution < -0.4 is 11.1 Å². The third kappa shape index (κ3) is 5.11. The van der Waals surface area contributed by atoms with E-state index in [-0.39, 0.29) is 36.8 Å². The van der Waals surface area contributed by atoms with E-state index in [2.05, 4.69) is 41.4 Å². The van der Waals surface area contributed by atoms with E-state index in [1.165, 1.54) is 11.1 Å². The van der Waals surface area contributed by atoms with Crippen LogP contribution in [0.1, 0.15) is 28.4 Å². The van der Waals surface area contributed by atoms with Crippen LogP contribution in [0.5, 0.6) is 0 Å². The predicted molar refractivity (Wildman–Crippen MR) is 108 cm³/mol. The molecule has 1 unspecified atom stereocenters. The topological polar surface area (TPSA) is 58.4 Å². The molecule has 2 aromatic rings. The van der Waals surface area contributed by atoms with Crippen LogP contribution in [-0.2, 0) is 13.0 Å². The average Bonchev–Trinajstić information content (AvgIpc) is 2.59. The van der Waals surface area contributed by atoms with Gasteiger partial charge in [-0.2, -0.15) is 0 Å². The van der Waals surface area contributed by atoms with Gasteiger partial charge in [0.05, 0.1) is 5.56 Å². The summed E-state index contributed by atoms with van der Waals surface area (Å²) in [6, 6.07) is 16.0. The van der Waals surface area contributed by atoms with Crippen LogP contribution in [0.4, 0.5) is 5.69 Å². The Hall–Kier alpha value is -1.75. The van der Waals surface area contributed by atoms with E-state index in [1.54, 1.807) is 12.1 Å². The van der Waals surface area contributed by atoms with E-state index in [0.717, 1.165) is 19.5 Å². The molecule has 1 amide bonds. The number of hydrogen-bond acceptors (Lipinski definition) is 3. The van der Waals surface area contributed by atoms with Crippen molar-refractivity contribution in [1.29, 1.82) is 0 Å². The standard InChI is InChI=1S/C19H23N3O.2ClH/c1-14(12-21-19(23)17-8-4-5-9-18(17)20)22-11-10-15-6-2-3-7-16(15)13-22;;/h2-9,14H,10-13,20H2,1H3,(H,21,23);2*1H. The maximum absolute atomic E-state index is 12.2. The lowest BCUT2D eigenvalue weighted by Crippen LogP contribution is -2.44. The number of hydrogen-bond donors (Lipinski definition) is 2. The molecule has 1 atom stereocenters. The zero-order valence-electron chi connectivity index (χ0n) is 14.3. The first kappa shape index (κ1) is 21.3. The molecule has 0 saturated carbocycles. The Morgan fingerprint density at radius 1 is 1.12 bits per heavy atom. The van der Waals surface area contributed by atoms with Gasteiger partial charge in [-0.05, 0) is 36.6 Å². The minimum Gasteiger partial charge on any atom is -0.398 e. The first-order chi connectivity index (χ1) is 11.1. The number of benzene rings is 2. The highest BCUT2D eigenvalue weighted by molar-refractivity contribution is 5.99. The number of nitrogens with zero attached hydrogens (tertiary/aromatic N) is 1. The van der Waals surface area contributed by atoms with Gasteiger partial charge in [0.2, 0.25) is 0 Å². The van der Waals surface area contributed by atoms with E-state index in [4.69, 9.17) is 5.73 Å². The molecule has 3 rings (SSSR count). The first-order valence-corrected chi connectivity index (χ1v) is 8.08. The molecule has 25 heavy (non-hydrogen) atoms. The molecular weight excluding hydrogens is 357 g/mol. The molecule has 1 aliphatic rings. The lowest BCUT2D eigenvalue weighted by Gasteiger charge is -2.33. The number of nitrogen functional groups attached to an aromatic ring is 1. The second kappa shape index (κ2) is 9.66. The number of anilines is 1. The summed E-state index contributed by atoms with van der Waals surface area (Å²) in [6.07, 6.45) is 1.07. The number of amides is 1. The second-order valence-corrected chi connectivity index (χ2v) is 6.14. The molecule has 3 N–H and O–H groups in total. The van der Waals surface area contributed by atoms with Gasteiger partial charge in [0.15, 0.2) is 0 Å². The van der Waals surface area contributed by atoms with Crippen LogP contribution in [0.25, 0.3) is 0 Å². The fraction of sp³-hybridized carbons (Fsp3) is 0.316. The lowest BCUT2D eigenvalue weighted by molar-refractivity contribution is 0.0933. The van der Waals surface area contributed by atoms with Crippen molar-refractivity contribution in [2.45, 2.75) is 25.9 Å². The van der Waals surface area contributed by atoms with Crippen LogP contribution in [0.2, 0.25) is 0 Å². The summed E-state index contributed by atoms with van der Waals surface area (Å²) in [5.74, 6) is -0.104. The molecule has 0 aromatic heterocycles. The Morgan fingerprint density at radius 3 is 2.48 bits per heavy atom. The van der Waals surface area contributed by atoms with E-state index in [1.807, 2.05) is 12.1 Å². The Morgan fingerprint density at radius 2 is 1.76 bits per heavy atom. The van der Waals surface area contributed by atoms with Crippen molar-refractivity contribution in [1.82, 2.24) is 10.2 Å². The van der Waals surface area contributed by atoms with E-state index < -0.39 is 0 Å². The third-order valence-electron chi connectivity index (χ3n) is 4.55. The Bertz CT molecular complexity index is 709. The smallest absolute Gasteiger partial charge is 0.253 e. The molecule has 0 saturated heterocycles. The lowest BCUT2D eigenvalue weighted by atomic mass is 9.99. The molecule has 0 fully saturated rings. The van der Waals surface area contributed by atoms with Gasteiger partial charge in [0.25, 0.3) is 5.91 Å². The average molecular weight is 382 g/mol. The summed E-state index contributed by atoms with van der Waals surface area (Å²) in [5, 5.41) is 3.00. The number of nitrogens with one attached hydrogen (secondary N) is 1. The highest BCUT2D eigenvalue weighted by Gasteiger charge is 2.21. The van der Waals surface area contributed by atoms with Crippen molar-refractivity contribution < 1.29 is 4.79 Å². The van der Waals surface area contributed by atoms with Crippen molar-refractivity contribution in [2.24, 2.45) is 0 Å². The largest absolute Gasteiger partial charge is 0.398 e. The molecular formula is C19H25Cl2N3O. The fourth-order valence-corrected chi connectivity index (χ4v) is 3.06. The van der Waals surface area contributed by atoms with Gasteiger partial charge in [-0.15, -0.1) is 24.8 Å². The van der Waals surface area contributed by atoms with E-state index >= 15 is 0 Å². The number of carbonyl (C=O) groups is 1. The van der Waals surface area contributed by atoms with Gasteiger partial charge in [-0.1, -0.05) is 36.4 Å². The number of halogens is 2. The SMILES string of the molecule is CC(CNC(=O)c1ccccc1N)N1CCc2ccccc2C1.Cl.Cl. The van der Waals surface area contributed by atoms with Crippen molar-refractivity contribution in [3.05, 3.63) is 65.2 Å². The third-order valence-corrected chi connectivity index (χ3v) is 4.55. The molecule has 4 nitrogen and oxygen atoms in total. The summed E-state index contributed by atoms with van der Waals surface area (Å²) in [6.45, 7) is 4.75. The number of nitrogens with two attached hydrogens (primary N) is 1. The number of para-hydroxylation sites is 1. The van der Waals surface area contributed by atoms with Gasteiger partial charge in [-0.25, -0.2) is 0 Å². The zero-order valence-corrected chi connectivity index (χ0v) is 15.9. The van der Waals surface area contributed by atoms with Crippen LogP contribution in [-0.4, -0.2) is 29.9 Å². The highest BCUT2D eigenvalue weighted by Crippen LogP contribution is 2.20. The van der Waals surface area contributed by atoms with Gasteiger partial charge in [0.1, 0.15) is 0 Å². The van der Waals surface area contributed by atoms with Crippen molar-refractivity contribution >= 4 is 36.4 Å². The van der Waals surface area contributed by atoms with Gasteiger partial charge < -0.3 is 11.1 Å². The Kier molecular flexibility index (Phi) is 8.23. The summed E-state index contributed by atoms with van der Waals surface area (Å²) >= 11 is 0. The minimum absolute atomic E-state index is 0. The minimum atomic E-state index is -0.104. The van der Waals surface area contributed by atoms with Crippen LogP contribution in [0.15, 0.2) is 48.5 Å². The first-order valence-electron chi connectivity index (χ1n) is 8.08. The molecule has 2 aromatic carbocycles. The predicted octanol–water partition coefficient (Wildman–Crippen LogP) is 3.29. The molecule has 136 valence electrons. The highest BCUT2D eigenvalue weighted by atomic mass is 35.5. The van der Waals surface area contributed by atoms with Gasteiger partial charge >= 0.3 is 0 Å². The molecule has 0 spiro atoms. The quantitative estimate of drug-likeness (QED) is 0.798. The number of fused-ring (bicyclic) bond motifs is 1. The molecule has 0 bridgehead atoms. The molecule has 1 heterocycles. The van der Waals surface area contributed by atoms with E-state index in [9.17, 15) is 4.79 Å².